The molecule has 0 radical (unpaired) electrons. The highest BCUT2D eigenvalue weighted by Crippen LogP contribution is 2.27. The van der Waals surface area contributed by atoms with E-state index in [1.165, 1.54) is 22.9 Å². The number of rotatable bonds is 3. The van der Waals surface area contributed by atoms with Gasteiger partial charge < -0.3 is 0 Å². The van der Waals surface area contributed by atoms with Gasteiger partial charge in [0.15, 0.2) is 0 Å². The molecule has 126 valence electrons. The van der Waals surface area contributed by atoms with E-state index in [1.54, 1.807) is 24.3 Å². The van der Waals surface area contributed by atoms with E-state index in [0.29, 0.717) is 10.9 Å². The fraction of sp³-hybridized carbons (Fsp3) is 0. The van der Waals surface area contributed by atoms with Gasteiger partial charge >= 0.3 is 0 Å². The van der Waals surface area contributed by atoms with E-state index < -0.39 is 16.7 Å². The van der Waals surface area contributed by atoms with Crippen LogP contribution in [0.1, 0.15) is 20.7 Å². The maximum absolute atomic E-state index is 12.8. The van der Waals surface area contributed by atoms with Crippen molar-refractivity contribution in [2.75, 3.05) is 0 Å². The third-order valence-corrected chi connectivity index (χ3v) is 4.02. The van der Waals surface area contributed by atoms with E-state index in [0.717, 1.165) is 6.07 Å². The molecule has 0 saturated heterocycles. The molecule has 0 atom stereocenters. The Labute approximate surface area is 145 Å². The average Bonchev–Trinajstić information content (AvgIpc) is 3.00. The van der Waals surface area contributed by atoms with E-state index >= 15 is 0 Å². The number of hydrazine groups is 1. The van der Waals surface area contributed by atoms with Crippen molar-refractivity contribution in [3.8, 4) is 0 Å². The molecule has 3 aromatic rings. The molecule has 0 fully saturated rings. The number of nitro benzene ring substituents is 1. The molecule has 0 saturated carbocycles. The van der Waals surface area contributed by atoms with E-state index in [-0.39, 0.29) is 21.8 Å². The van der Waals surface area contributed by atoms with Crippen molar-refractivity contribution >= 4 is 40.0 Å². The monoisotopic (exact) mass is 358 g/mol. The van der Waals surface area contributed by atoms with Crippen molar-refractivity contribution in [1.29, 1.82) is 0 Å². The Bertz CT molecular complexity index is 1030. The quantitative estimate of drug-likeness (QED) is 0.322. The number of nitrogens with two attached hydrogens (primary N) is 1. The van der Waals surface area contributed by atoms with Crippen molar-refractivity contribution in [2.24, 2.45) is 5.84 Å². The molecule has 0 unspecified atom stereocenters. The summed E-state index contributed by atoms with van der Waals surface area (Å²) < 4.78 is 1.24. The zero-order valence-electron chi connectivity index (χ0n) is 12.6. The predicted octanol–water partition coefficient (Wildman–Crippen LogP) is 2.49. The van der Waals surface area contributed by atoms with E-state index in [4.69, 9.17) is 17.4 Å². The van der Waals surface area contributed by atoms with Crippen LogP contribution in [0.25, 0.3) is 10.9 Å². The molecule has 3 rings (SSSR count). The topological polar surface area (TPSA) is 120 Å². The van der Waals surface area contributed by atoms with Gasteiger partial charge in [-0.25, -0.2) is 5.84 Å². The third kappa shape index (κ3) is 2.84. The first-order valence-corrected chi connectivity index (χ1v) is 7.41. The van der Waals surface area contributed by atoms with Crippen LogP contribution in [-0.2, 0) is 0 Å². The van der Waals surface area contributed by atoms with Gasteiger partial charge in [0.1, 0.15) is 5.02 Å². The summed E-state index contributed by atoms with van der Waals surface area (Å²) in [6.45, 7) is 0. The third-order valence-electron chi connectivity index (χ3n) is 3.70. The number of carbonyl (C=O) groups excluding carboxylic acids is 2. The van der Waals surface area contributed by atoms with Crippen LogP contribution in [0.5, 0.6) is 0 Å². The van der Waals surface area contributed by atoms with Crippen LogP contribution in [0.2, 0.25) is 5.02 Å². The Morgan fingerprint density at radius 1 is 1.20 bits per heavy atom. The molecule has 3 N–H and O–H groups in total. The minimum atomic E-state index is -0.666. The summed E-state index contributed by atoms with van der Waals surface area (Å²) in [5.41, 5.74) is 2.41. The molecule has 1 heterocycles. The highest BCUT2D eigenvalue weighted by atomic mass is 35.5. The molecule has 0 spiro atoms. The molecule has 2 aromatic carbocycles. The van der Waals surface area contributed by atoms with Gasteiger partial charge in [-0.3, -0.25) is 29.7 Å². The first kappa shape index (κ1) is 16.6. The number of amides is 1. The Hall–Kier alpha value is -3.23. The largest absolute Gasteiger partial charge is 0.290 e. The van der Waals surface area contributed by atoms with E-state index in [1.807, 2.05) is 5.43 Å². The van der Waals surface area contributed by atoms with Crippen LogP contribution in [0.3, 0.4) is 0 Å². The zero-order chi connectivity index (χ0) is 18.1. The number of halogens is 1. The van der Waals surface area contributed by atoms with Crippen molar-refractivity contribution in [3.63, 3.8) is 0 Å². The second kappa shape index (κ2) is 6.34. The molecule has 0 aliphatic rings. The molecular formula is C16H11ClN4O4. The lowest BCUT2D eigenvalue weighted by Crippen LogP contribution is -2.29. The van der Waals surface area contributed by atoms with Crippen molar-refractivity contribution < 1.29 is 14.5 Å². The van der Waals surface area contributed by atoms with Crippen LogP contribution in [-0.4, -0.2) is 21.3 Å². The summed E-state index contributed by atoms with van der Waals surface area (Å²) in [6, 6.07) is 10.5. The van der Waals surface area contributed by atoms with Gasteiger partial charge in [-0.15, -0.1) is 0 Å². The second-order valence-electron chi connectivity index (χ2n) is 5.13. The Kier molecular flexibility index (Phi) is 4.22. The Morgan fingerprint density at radius 3 is 2.60 bits per heavy atom. The van der Waals surface area contributed by atoms with Crippen molar-refractivity contribution in [3.05, 3.63) is 74.9 Å². The fourth-order valence-electron chi connectivity index (χ4n) is 2.53. The molecule has 0 aliphatic carbocycles. The first-order chi connectivity index (χ1) is 11.9. The minimum absolute atomic E-state index is 0.0663. The summed E-state index contributed by atoms with van der Waals surface area (Å²) >= 11 is 5.77. The highest BCUT2D eigenvalue weighted by Gasteiger charge is 2.21. The number of aromatic nitrogens is 1. The number of nitrogens with one attached hydrogen (secondary N) is 1. The molecule has 1 amide bonds. The number of para-hydroxylation sites is 1. The van der Waals surface area contributed by atoms with Gasteiger partial charge in [0.25, 0.3) is 17.5 Å². The number of nitro groups is 1. The minimum Gasteiger partial charge on any atom is -0.290 e. The molecule has 8 nitrogen and oxygen atoms in total. The lowest BCUT2D eigenvalue weighted by Gasteiger charge is -2.05. The van der Waals surface area contributed by atoms with Crippen molar-refractivity contribution in [2.45, 2.75) is 0 Å². The number of fused-ring (bicyclic) bond motifs is 1. The number of hydrogen-bond acceptors (Lipinski definition) is 5. The summed E-state index contributed by atoms with van der Waals surface area (Å²) in [7, 11) is 0. The molecule has 0 aliphatic heterocycles. The SMILES string of the molecule is NNC(=O)c1cn(C(=O)c2ccc(Cl)c([N+](=O)[O-])c2)c2ccccc12. The van der Waals surface area contributed by atoms with Crippen LogP contribution in [0, 0.1) is 10.1 Å². The molecule has 25 heavy (non-hydrogen) atoms. The standard InChI is InChI=1S/C16H11ClN4O4/c17-12-6-5-9(7-14(12)21(24)25)16(23)20-8-11(15(22)19-18)10-3-1-2-4-13(10)20/h1-8H,18H2,(H,19,22). The Balaban J connectivity index is 2.17. The maximum atomic E-state index is 12.8. The lowest BCUT2D eigenvalue weighted by atomic mass is 10.1. The van der Waals surface area contributed by atoms with Gasteiger partial charge in [0, 0.05) is 23.2 Å². The molecule has 0 bridgehead atoms. The smallest absolute Gasteiger partial charge is 0.288 e. The lowest BCUT2D eigenvalue weighted by molar-refractivity contribution is -0.384. The average molecular weight is 359 g/mol. The maximum Gasteiger partial charge on any atom is 0.288 e. The number of nitrogens with zero attached hydrogens (tertiary/aromatic N) is 2. The van der Waals surface area contributed by atoms with Gasteiger partial charge in [-0.1, -0.05) is 29.8 Å². The summed E-state index contributed by atoms with van der Waals surface area (Å²) in [6.07, 6.45) is 1.34. The van der Waals surface area contributed by atoms with Crippen molar-refractivity contribution in [1.82, 2.24) is 9.99 Å². The predicted molar refractivity (Wildman–Crippen MR) is 91.4 cm³/mol. The fourth-order valence-corrected chi connectivity index (χ4v) is 2.72. The van der Waals surface area contributed by atoms with Crippen LogP contribution >= 0.6 is 11.6 Å². The number of carbonyl (C=O) groups is 2. The van der Waals surface area contributed by atoms with E-state index in [2.05, 4.69) is 0 Å². The summed E-state index contributed by atoms with van der Waals surface area (Å²) in [4.78, 5) is 35.1. The first-order valence-electron chi connectivity index (χ1n) is 7.03. The van der Waals surface area contributed by atoms with Gasteiger partial charge in [-0.2, -0.15) is 0 Å². The second-order valence-corrected chi connectivity index (χ2v) is 5.54. The van der Waals surface area contributed by atoms with Crippen LogP contribution in [0.4, 0.5) is 5.69 Å². The number of hydrogen-bond donors (Lipinski definition) is 2. The van der Waals surface area contributed by atoms with Gasteiger partial charge in [0.2, 0.25) is 0 Å². The van der Waals surface area contributed by atoms with Gasteiger partial charge in [0.05, 0.1) is 16.0 Å². The zero-order valence-corrected chi connectivity index (χ0v) is 13.4. The van der Waals surface area contributed by atoms with Crippen LogP contribution < -0.4 is 11.3 Å². The summed E-state index contributed by atoms with van der Waals surface area (Å²) in [5, 5.41) is 11.5. The normalized spacial score (nSPS) is 10.6. The van der Waals surface area contributed by atoms with Crippen LogP contribution in [0.15, 0.2) is 48.7 Å². The molecule has 1 aromatic heterocycles. The molecule has 9 heteroatoms. The molecular weight excluding hydrogens is 348 g/mol. The number of benzene rings is 2. The Morgan fingerprint density at radius 2 is 1.92 bits per heavy atom. The highest BCUT2D eigenvalue weighted by molar-refractivity contribution is 6.32. The van der Waals surface area contributed by atoms with Gasteiger partial charge in [-0.05, 0) is 18.2 Å². The summed E-state index contributed by atoms with van der Waals surface area (Å²) in [5.74, 6) is 4.09. The number of nitrogen functional groups attached to an aromatic ring is 1. The van der Waals surface area contributed by atoms with E-state index in [9.17, 15) is 19.7 Å².